The second-order valence-corrected chi connectivity index (χ2v) is 4.89. The summed E-state index contributed by atoms with van der Waals surface area (Å²) in [5, 5.41) is 6.34. The zero-order valence-corrected chi connectivity index (χ0v) is 12.5. The molecule has 5 nitrogen and oxygen atoms in total. The van der Waals surface area contributed by atoms with Gasteiger partial charge in [0.05, 0.1) is 5.69 Å². The van der Waals surface area contributed by atoms with Gasteiger partial charge in [0.2, 0.25) is 5.95 Å². The van der Waals surface area contributed by atoms with E-state index in [0.29, 0.717) is 5.95 Å². The molecule has 0 aliphatic heterocycles. The van der Waals surface area contributed by atoms with Crippen molar-refractivity contribution >= 4 is 17.5 Å². The van der Waals surface area contributed by atoms with Crippen molar-refractivity contribution in [1.29, 1.82) is 0 Å². The molecule has 0 atom stereocenters. The van der Waals surface area contributed by atoms with Gasteiger partial charge in [-0.15, -0.1) is 0 Å². The van der Waals surface area contributed by atoms with E-state index >= 15 is 0 Å². The third kappa shape index (κ3) is 3.03. The van der Waals surface area contributed by atoms with E-state index in [9.17, 15) is 0 Å². The van der Waals surface area contributed by atoms with E-state index in [1.807, 2.05) is 36.4 Å². The number of aryl methyl sites for hydroxylation is 1. The Morgan fingerprint density at radius 3 is 2.59 bits per heavy atom. The van der Waals surface area contributed by atoms with Crippen LogP contribution in [0.4, 0.5) is 17.5 Å². The summed E-state index contributed by atoms with van der Waals surface area (Å²) in [5.74, 6) is 1.31. The van der Waals surface area contributed by atoms with Gasteiger partial charge in [-0.05, 0) is 30.7 Å². The molecule has 0 fully saturated rings. The van der Waals surface area contributed by atoms with Crippen LogP contribution in [0.25, 0.3) is 11.3 Å². The molecule has 2 aromatic heterocycles. The highest BCUT2D eigenvalue weighted by Gasteiger charge is 2.07. The highest BCUT2D eigenvalue weighted by molar-refractivity contribution is 5.67. The minimum Gasteiger partial charge on any atom is -0.357 e. The summed E-state index contributed by atoms with van der Waals surface area (Å²) in [7, 11) is 1.81. The summed E-state index contributed by atoms with van der Waals surface area (Å²) in [6.07, 6.45) is 3.54. The van der Waals surface area contributed by atoms with Gasteiger partial charge in [-0.3, -0.25) is 4.98 Å². The molecule has 110 valence electrons. The number of hydrogen-bond acceptors (Lipinski definition) is 5. The molecule has 0 amide bonds. The molecule has 0 saturated carbocycles. The predicted octanol–water partition coefficient (Wildman–Crippen LogP) is 3.63. The lowest BCUT2D eigenvalue weighted by atomic mass is 10.2. The van der Waals surface area contributed by atoms with E-state index in [4.69, 9.17) is 0 Å². The zero-order chi connectivity index (χ0) is 15.4. The Labute approximate surface area is 129 Å². The maximum Gasteiger partial charge on any atom is 0.224 e. The van der Waals surface area contributed by atoms with Gasteiger partial charge in [0.25, 0.3) is 0 Å². The van der Waals surface area contributed by atoms with E-state index in [-0.39, 0.29) is 0 Å². The Morgan fingerprint density at radius 2 is 1.86 bits per heavy atom. The average Bonchev–Trinajstić information content (AvgIpc) is 2.57. The second kappa shape index (κ2) is 6.22. The molecule has 0 unspecified atom stereocenters. The number of para-hydroxylation sites is 1. The van der Waals surface area contributed by atoms with Crippen LogP contribution in [-0.2, 0) is 0 Å². The van der Waals surface area contributed by atoms with Gasteiger partial charge < -0.3 is 10.6 Å². The van der Waals surface area contributed by atoms with Crippen LogP contribution >= 0.6 is 0 Å². The van der Waals surface area contributed by atoms with Crippen LogP contribution in [0.3, 0.4) is 0 Å². The highest BCUT2D eigenvalue weighted by atomic mass is 15.1. The molecule has 5 heteroatoms. The quantitative estimate of drug-likeness (QED) is 0.768. The van der Waals surface area contributed by atoms with Gasteiger partial charge in [-0.2, -0.15) is 4.98 Å². The van der Waals surface area contributed by atoms with Crippen molar-refractivity contribution in [1.82, 2.24) is 15.0 Å². The van der Waals surface area contributed by atoms with Gasteiger partial charge >= 0.3 is 0 Å². The lowest BCUT2D eigenvalue weighted by Crippen LogP contribution is -2.02. The van der Waals surface area contributed by atoms with Gasteiger partial charge in [-0.1, -0.05) is 18.2 Å². The summed E-state index contributed by atoms with van der Waals surface area (Å²) in [6, 6.07) is 13.9. The standard InChI is InChI=1S/C17H17N5/c1-12-6-3-4-8-14(12)20-16-10-15(21-17(18-2)22-16)13-7-5-9-19-11-13/h3-11H,1-2H3,(H2,18,20,21,22). The number of aromatic nitrogens is 3. The van der Waals surface area contributed by atoms with E-state index in [2.05, 4.69) is 38.6 Å². The van der Waals surface area contributed by atoms with Crippen molar-refractivity contribution in [2.75, 3.05) is 17.7 Å². The van der Waals surface area contributed by atoms with Gasteiger partial charge in [0.1, 0.15) is 5.82 Å². The maximum absolute atomic E-state index is 4.48. The number of pyridine rings is 1. The molecule has 3 aromatic rings. The first-order valence-corrected chi connectivity index (χ1v) is 7.06. The lowest BCUT2D eigenvalue weighted by Gasteiger charge is -2.11. The van der Waals surface area contributed by atoms with Crippen molar-refractivity contribution in [3.05, 3.63) is 60.4 Å². The van der Waals surface area contributed by atoms with Crippen LogP contribution in [0, 0.1) is 6.92 Å². The Bertz CT molecular complexity index is 771. The Balaban J connectivity index is 2.00. The summed E-state index contributed by atoms with van der Waals surface area (Å²) >= 11 is 0. The van der Waals surface area contributed by atoms with E-state index in [1.165, 1.54) is 0 Å². The number of anilines is 3. The smallest absolute Gasteiger partial charge is 0.224 e. The summed E-state index contributed by atoms with van der Waals surface area (Å²) < 4.78 is 0. The summed E-state index contributed by atoms with van der Waals surface area (Å²) in [4.78, 5) is 13.1. The number of rotatable bonds is 4. The largest absolute Gasteiger partial charge is 0.357 e. The fourth-order valence-corrected chi connectivity index (χ4v) is 2.14. The number of hydrogen-bond donors (Lipinski definition) is 2. The molecule has 0 saturated heterocycles. The first kappa shape index (κ1) is 14.0. The summed E-state index contributed by atoms with van der Waals surface area (Å²) in [5.41, 5.74) is 3.97. The minimum absolute atomic E-state index is 0.567. The van der Waals surface area contributed by atoms with Crippen LogP contribution in [0.15, 0.2) is 54.9 Å². The molecule has 2 heterocycles. The maximum atomic E-state index is 4.48. The molecule has 22 heavy (non-hydrogen) atoms. The van der Waals surface area contributed by atoms with Gasteiger partial charge in [-0.25, -0.2) is 4.98 Å². The number of nitrogens with one attached hydrogen (secondary N) is 2. The molecular formula is C17H17N5. The Morgan fingerprint density at radius 1 is 1.00 bits per heavy atom. The van der Waals surface area contributed by atoms with Crippen molar-refractivity contribution in [3.63, 3.8) is 0 Å². The predicted molar refractivity (Wildman–Crippen MR) is 89.3 cm³/mol. The molecule has 0 bridgehead atoms. The van der Waals surface area contributed by atoms with Crippen LogP contribution in [0.2, 0.25) is 0 Å². The van der Waals surface area contributed by atoms with Crippen LogP contribution < -0.4 is 10.6 Å². The fourth-order valence-electron chi connectivity index (χ4n) is 2.14. The topological polar surface area (TPSA) is 62.7 Å². The lowest BCUT2D eigenvalue weighted by molar-refractivity contribution is 1.15. The van der Waals surface area contributed by atoms with E-state index < -0.39 is 0 Å². The molecule has 1 aromatic carbocycles. The average molecular weight is 291 g/mol. The van der Waals surface area contributed by atoms with Crippen LogP contribution in [0.5, 0.6) is 0 Å². The van der Waals surface area contributed by atoms with Crippen molar-refractivity contribution in [2.45, 2.75) is 6.92 Å². The minimum atomic E-state index is 0.567. The molecular weight excluding hydrogens is 274 g/mol. The number of benzene rings is 1. The van der Waals surface area contributed by atoms with Crippen molar-refractivity contribution < 1.29 is 0 Å². The number of nitrogens with zero attached hydrogens (tertiary/aromatic N) is 3. The molecule has 0 aliphatic rings. The van der Waals surface area contributed by atoms with Gasteiger partial charge in [0, 0.05) is 36.8 Å². The second-order valence-electron chi connectivity index (χ2n) is 4.89. The Kier molecular flexibility index (Phi) is 3.96. The van der Waals surface area contributed by atoms with Crippen LogP contribution in [-0.4, -0.2) is 22.0 Å². The molecule has 0 radical (unpaired) electrons. The SMILES string of the molecule is CNc1nc(Nc2ccccc2C)cc(-c2cccnc2)n1. The van der Waals surface area contributed by atoms with Crippen molar-refractivity contribution in [2.24, 2.45) is 0 Å². The molecule has 0 spiro atoms. The third-order valence-electron chi connectivity index (χ3n) is 3.31. The monoisotopic (exact) mass is 291 g/mol. The molecule has 3 rings (SSSR count). The van der Waals surface area contributed by atoms with Crippen LogP contribution in [0.1, 0.15) is 5.56 Å². The zero-order valence-electron chi connectivity index (χ0n) is 12.5. The Hall–Kier alpha value is -2.95. The first-order valence-electron chi connectivity index (χ1n) is 7.06. The van der Waals surface area contributed by atoms with E-state index in [0.717, 1.165) is 28.3 Å². The normalized spacial score (nSPS) is 10.3. The highest BCUT2D eigenvalue weighted by Crippen LogP contribution is 2.24. The fraction of sp³-hybridized carbons (Fsp3) is 0.118. The van der Waals surface area contributed by atoms with Gasteiger partial charge in [0.15, 0.2) is 0 Å². The first-order chi connectivity index (χ1) is 10.8. The van der Waals surface area contributed by atoms with E-state index in [1.54, 1.807) is 19.4 Å². The molecule has 0 aliphatic carbocycles. The third-order valence-corrected chi connectivity index (χ3v) is 3.31. The van der Waals surface area contributed by atoms with Crippen molar-refractivity contribution in [3.8, 4) is 11.3 Å². The molecule has 2 N–H and O–H groups in total. The summed E-state index contributed by atoms with van der Waals surface area (Å²) in [6.45, 7) is 2.06.